The summed E-state index contributed by atoms with van der Waals surface area (Å²) in [6.07, 6.45) is 1.15. The predicted molar refractivity (Wildman–Crippen MR) is 58.9 cm³/mol. The van der Waals surface area contributed by atoms with Crippen LogP contribution in [0.5, 0.6) is 0 Å². The van der Waals surface area contributed by atoms with Crippen molar-refractivity contribution >= 4 is 14.5 Å². The largest absolute Gasteiger partial charge is 0.106 e. The molecule has 0 saturated carbocycles. The molecule has 0 aliphatic heterocycles. The van der Waals surface area contributed by atoms with E-state index in [4.69, 9.17) is 0 Å². The van der Waals surface area contributed by atoms with Gasteiger partial charge in [-0.3, -0.25) is 0 Å². The lowest BCUT2D eigenvalue weighted by Gasteiger charge is -2.18. The van der Waals surface area contributed by atoms with E-state index in [1.165, 1.54) is 10.9 Å². The third-order valence-corrected chi connectivity index (χ3v) is 2.04. The summed E-state index contributed by atoms with van der Waals surface area (Å²) < 4.78 is 0. The summed E-state index contributed by atoms with van der Waals surface area (Å²) in [5.74, 6) is 0. The fourth-order valence-corrected chi connectivity index (χ4v) is 1.64. The van der Waals surface area contributed by atoms with Crippen LogP contribution in [0, 0.1) is 5.41 Å². The first-order valence-corrected chi connectivity index (χ1v) is 4.89. The Morgan fingerprint density at radius 2 is 1.92 bits per heavy atom. The number of hydrogen-bond acceptors (Lipinski definition) is 0. The maximum Gasteiger partial charge on any atom is -0.0230 e. The van der Waals surface area contributed by atoms with Crippen LogP contribution in [0.4, 0.5) is 0 Å². The molecule has 0 aliphatic carbocycles. The van der Waals surface area contributed by atoms with Gasteiger partial charge >= 0.3 is 0 Å². The van der Waals surface area contributed by atoms with Crippen molar-refractivity contribution < 1.29 is 0 Å². The molecule has 1 heteroatoms. The zero-order valence-corrected chi connectivity index (χ0v) is 9.25. The van der Waals surface area contributed by atoms with Crippen LogP contribution >= 0.6 is 9.24 Å². The second kappa shape index (κ2) is 3.58. The van der Waals surface area contributed by atoms with Crippen molar-refractivity contribution in [2.45, 2.75) is 27.2 Å². The zero-order valence-electron chi connectivity index (χ0n) is 8.09. The Morgan fingerprint density at radius 1 is 1.25 bits per heavy atom. The molecule has 0 aromatic heterocycles. The summed E-state index contributed by atoms with van der Waals surface area (Å²) in [6, 6.07) is 8.65. The molecule has 12 heavy (non-hydrogen) atoms. The average molecular weight is 180 g/mol. The van der Waals surface area contributed by atoms with Crippen molar-refractivity contribution in [2.75, 3.05) is 0 Å². The normalized spacial score (nSPS) is 11.7. The van der Waals surface area contributed by atoms with Gasteiger partial charge in [0.25, 0.3) is 0 Å². The Morgan fingerprint density at radius 3 is 2.42 bits per heavy atom. The standard InChI is InChI=1S/C11H17P/c1-11(2,3)8-9-5-4-6-10(12)7-9/h4-7H,8,12H2,1-3H3. The molecular weight excluding hydrogens is 163 g/mol. The number of benzene rings is 1. The van der Waals surface area contributed by atoms with Crippen LogP contribution < -0.4 is 5.30 Å². The lowest BCUT2D eigenvalue weighted by atomic mass is 9.88. The first-order valence-electron chi connectivity index (χ1n) is 4.32. The van der Waals surface area contributed by atoms with E-state index in [-0.39, 0.29) is 0 Å². The molecule has 0 amide bonds. The van der Waals surface area contributed by atoms with Crippen LogP contribution in [0.15, 0.2) is 24.3 Å². The van der Waals surface area contributed by atoms with Crippen molar-refractivity contribution in [3.63, 3.8) is 0 Å². The van der Waals surface area contributed by atoms with E-state index in [2.05, 4.69) is 54.3 Å². The van der Waals surface area contributed by atoms with Crippen LogP contribution in [0.25, 0.3) is 0 Å². The highest BCUT2D eigenvalue weighted by Gasteiger charge is 2.10. The Balaban J connectivity index is 2.77. The van der Waals surface area contributed by atoms with Crippen molar-refractivity contribution in [1.29, 1.82) is 0 Å². The van der Waals surface area contributed by atoms with E-state index in [9.17, 15) is 0 Å². The lowest BCUT2D eigenvalue weighted by molar-refractivity contribution is 0.411. The predicted octanol–water partition coefficient (Wildman–Crippen LogP) is 2.78. The van der Waals surface area contributed by atoms with Gasteiger partial charge in [0.15, 0.2) is 0 Å². The zero-order chi connectivity index (χ0) is 9.19. The van der Waals surface area contributed by atoms with E-state index < -0.39 is 0 Å². The van der Waals surface area contributed by atoms with Crippen molar-refractivity contribution in [3.05, 3.63) is 29.8 Å². The number of rotatable bonds is 1. The minimum atomic E-state index is 0.387. The molecule has 1 aromatic carbocycles. The fraction of sp³-hybridized carbons (Fsp3) is 0.455. The Bertz CT molecular complexity index is 258. The van der Waals surface area contributed by atoms with Crippen LogP contribution in [0.1, 0.15) is 26.3 Å². The van der Waals surface area contributed by atoms with E-state index in [1.807, 2.05) is 0 Å². The van der Waals surface area contributed by atoms with Gasteiger partial charge < -0.3 is 0 Å². The summed E-state index contributed by atoms with van der Waals surface area (Å²) >= 11 is 0. The SMILES string of the molecule is CC(C)(C)Cc1cccc(P)c1. The van der Waals surface area contributed by atoms with Gasteiger partial charge in [0, 0.05) is 0 Å². The van der Waals surface area contributed by atoms with Gasteiger partial charge in [0.05, 0.1) is 0 Å². The van der Waals surface area contributed by atoms with Crippen molar-refractivity contribution in [3.8, 4) is 0 Å². The van der Waals surface area contributed by atoms with Crippen LogP contribution in [-0.2, 0) is 6.42 Å². The quantitative estimate of drug-likeness (QED) is 0.583. The van der Waals surface area contributed by atoms with Gasteiger partial charge in [-0.1, -0.05) is 45.0 Å². The average Bonchev–Trinajstić information content (AvgIpc) is 1.82. The molecule has 1 aromatic rings. The summed E-state index contributed by atoms with van der Waals surface area (Å²) in [7, 11) is 2.73. The van der Waals surface area contributed by atoms with E-state index in [1.54, 1.807) is 0 Å². The first kappa shape index (κ1) is 9.74. The second-order valence-electron chi connectivity index (χ2n) is 4.48. The Labute approximate surface area is 77.6 Å². The minimum Gasteiger partial charge on any atom is -0.106 e. The Hall–Kier alpha value is -0.350. The highest BCUT2D eigenvalue weighted by Crippen LogP contribution is 2.19. The number of hydrogen-bond donors (Lipinski definition) is 0. The molecule has 0 fully saturated rings. The maximum absolute atomic E-state index is 2.73. The molecule has 0 saturated heterocycles. The molecule has 1 rings (SSSR count). The summed E-state index contributed by atoms with van der Waals surface area (Å²) in [4.78, 5) is 0. The van der Waals surface area contributed by atoms with Crippen LogP contribution in [0.3, 0.4) is 0 Å². The second-order valence-corrected chi connectivity index (χ2v) is 5.15. The first-order chi connectivity index (χ1) is 5.47. The third-order valence-electron chi connectivity index (χ3n) is 1.69. The molecule has 0 N–H and O–H groups in total. The molecule has 0 bridgehead atoms. The molecule has 0 aliphatic rings. The summed E-state index contributed by atoms with van der Waals surface area (Å²) in [6.45, 7) is 6.80. The summed E-state index contributed by atoms with van der Waals surface area (Å²) in [5.41, 5.74) is 1.81. The molecule has 0 heterocycles. The topological polar surface area (TPSA) is 0 Å². The molecule has 0 nitrogen and oxygen atoms in total. The summed E-state index contributed by atoms with van der Waals surface area (Å²) in [5, 5.41) is 1.27. The molecule has 1 unspecified atom stereocenters. The van der Waals surface area contributed by atoms with Gasteiger partial charge in [-0.05, 0) is 22.7 Å². The smallest absolute Gasteiger partial charge is 0.0230 e. The molecule has 0 radical (unpaired) electrons. The third kappa shape index (κ3) is 3.36. The monoisotopic (exact) mass is 180 g/mol. The van der Waals surface area contributed by atoms with Crippen molar-refractivity contribution in [2.24, 2.45) is 5.41 Å². The van der Waals surface area contributed by atoms with Gasteiger partial charge in [0.1, 0.15) is 0 Å². The highest BCUT2D eigenvalue weighted by atomic mass is 31.0. The van der Waals surface area contributed by atoms with Gasteiger partial charge in [-0.15, -0.1) is 9.24 Å². The van der Waals surface area contributed by atoms with Gasteiger partial charge in [-0.25, -0.2) is 0 Å². The highest BCUT2D eigenvalue weighted by molar-refractivity contribution is 7.27. The van der Waals surface area contributed by atoms with Gasteiger partial charge in [0.2, 0.25) is 0 Å². The van der Waals surface area contributed by atoms with Crippen LogP contribution in [0.2, 0.25) is 0 Å². The fourth-order valence-electron chi connectivity index (χ4n) is 1.32. The molecule has 1 atom stereocenters. The van der Waals surface area contributed by atoms with Crippen molar-refractivity contribution in [1.82, 2.24) is 0 Å². The van der Waals surface area contributed by atoms with E-state index in [0.717, 1.165) is 6.42 Å². The van der Waals surface area contributed by atoms with E-state index >= 15 is 0 Å². The van der Waals surface area contributed by atoms with E-state index in [0.29, 0.717) is 5.41 Å². The molecular formula is C11H17P. The lowest BCUT2D eigenvalue weighted by Crippen LogP contribution is -2.10. The van der Waals surface area contributed by atoms with Gasteiger partial charge in [-0.2, -0.15) is 0 Å². The Kier molecular flexibility index (Phi) is 2.90. The van der Waals surface area contributed by atoms with Crippen LogP contribution in [-0.4, -0.2) is 0 Å². The minimum absolute atomic E-state index is 0.387. The maximum atomic E-state index is 2.73. The molecule has 66 valence electrons. The molecule has 0 spiro atoms.